The molecule has 0 aromatic heterocycles. The van der Waals surface area contributed by atoms with Gasteiger partial charge >= 0.3 is 0 Å². The smallest absolute Gasteiger partial charge is 0.191 e. The maximum atomic E-state index is 5.37. The Morgan fingerprint density at radius 1 is 1.73 bits per heavy atom. The quantitative estimate of drug-likeness (QED) is 0.605. The molecule has 0 aromatic rings. The van der Waals surface area contributed by atoms with Crippen molar-refractivity contribution in [1.29, 1.82) is 0 Å². The van der Waals surface area contributed by atoms with Gasteiger partial charge in [0.2, 0.25) is 0 Å². The van der Waals surface area contributed by atoms with E-state index in [1.54, 1.807) is 0 Å². The van der Waals surface area contributed by atoms with Gasteiger partial charge in [-0.25, -0.2) is 15.0 Å². The Hall–Kier alpha value is -1.63. The number of nitrogens with two attached hydrogens (primary N) is 1. The van der Waals surface area contributed by atoms with Crippen LogP contribution < -0.4 is 11.1 Å². The standard InChI is InChI=1S/C8H10N6S/c1-2-4-12-6-5(10-3-11-6)7(13-4)14-8(9)15/h3,5H,2H2,1H3,(H3,9,10,11,12,13,14,15). The molecule has 1 unspecified atom stereocenters. The van der Waals surface area contributed by atoms with Gasteiger partial charge in [-0.1, -0.05) is 6.92 Å². The van der Waals surface area contributed by atoms with Crippen LogP contribution in [0, 0.1) is 0 Å². The summed E-state index contributed by atoms with van der Waals surface area (Å²) in [6.07, 6.45) is 2.24. The summed E-state index contributed by atoms with van der Waals surface area (Å²) in [4.78, 5) is 16.5. The lowest BCUT2D eigenvalue weighted by Gasteiger charge is -2.20. The summed E-state index contributed by atoms with van der Waals surface area (Å²) in [7, 11) is 0. The van der Waals surface area contributed by atoms with E-state index in [1.807, 2.05) is 6.92 Å². The van der Waals surface area contributed by atoms with E-state index in [0.29, 0.717) is 11.7 Å². The Morgan fingerprint density at radius 2 is 2.53 bits per heavy atom. The molecule has 3 N–H and O–H groups in total. The lowest BCUT2D eigenvalue weighted by atomic mass is 10.2. The summed E-state index contributed by atoms with van der Waals surface area (Å²) in [5.41, 5.74) is 5.37. The van der Waals surface area contributed by atoms with Crippen LogP contribution in [0.15, 0.2) is 20.0 Å². The van der Waals surface area contributed by atoms with E-state index in [2.05, 4.69) is 25.3 Å². The monoisotopic (exact) mass is 222 g/mol. The molecular weight excluding hydrogens is 212 g/mol. The van der Waals surface area contributed by atoms with E-state index in [9.17, 15) is 0 Å². The van der Waals surface area contributed by atoms with Gasteiger partial charge in [0.15, 0.2) is 17.0 Å². The Bertz CT molecular complexity index is 419. The van der Waals surface area contributed by atoms with Crippen molar-refractivity contribution in [2.24, 2.45) is 25.7 Å². The molecule has 15 heavy (non-hydrogen) atoms. The van der Waals surface area contributed by atoms with E-state index in [4.69, 9.17) is 18.0 Å². The number of amidine groups is 3. The second-order valence-electron chi connectivity index (χ2n) is 3.03. The van der Waals surface area contributed by atoms with Gasteiger partial charge in [-0.2, -0.15) is 0 Å². The zero-order valence-electron chi connectivity index (χ0n) is 8.14. The molecule has 0 fully saturated rings. The summed E-state index contributed by atoms with van der Waals surface area (Å²) < 4.78 is 0. The number of fused-ring (bicyclic) bond motifs is 1. The van der Waals surface area contributed by atoms with E-state index in [0.717, 1.165) is 12.3 Å². The van der Waals surface area contributed by atoms with Crippen LogP contribution in [0.3, 0.4) is 0 Å². The molecule has 2 aliphatic heterocycles. The number of rotatable bonds is 1. The lowest BCUT2D eigenvalue weighted by Crippen LogP contribution is -2.46. The molecule has 1 atom stereocenters. The van der Waals surface area contributed by atoms with Crippen LogP contribution in [-0.4, -0.2) is 35.0 Å². The van der Waals surface area contributed by atoms with Crippen LogP contribution in [0.5, 0.6) is 0 Å². The highest BCUT2D eigenvalue weighted by Crippen LogP contribution is 2.10. The Morgan fingerprint density at radius 3 is 3.20 bits per heavy atom. The molecule has 0 aromatic carbocycles. The van der Waals surface area contributed by atoms with Crippen molar-refractivity contribution in [3.05, 3.63) is 0 Å². The Labute approximate surface area is 92.1 Å². The fourth-order valence-electron chi connectivity index (χ4n) is 1.34. The predicted octanol–water partition coefficient (Wildman–Crippen LogP) is -0.151. The summed E-state index contributed by atoms with van der Waals surface area (Å²) >= 11 is 4.73. The van der Waals surface area contributed by atoms with Crippen LogP contribution in [-0.2, 0) is 0 Å². The zero-order chi connectivity index (χ0) is 10.8. The van der Waals surface area contributed by atoms with Crippen LogP contribution in [0.2, 0.25) is 0 Å². The molecule has 0 amide bonds. The highest BCUT2D eigenvalue weighted by molar-refractivity contribution is 7.80. The van der Waals surface area contributed by atoms with Crippen molar-refractivity contribution in [3.63, 3.8) is 0 Å². The molecule has 2 aliphatic rings. The minimum Gasteiger partial charge on any atom is -0.374 e. The maximum Gasteiger partial charge on any atom is 0.191 e. The molecule has 2 heterocycles. The summed E-state index contributed by atoms with van der Waals surface area (Å²) in [6.45, 7) is 1.99. The Kier molecular flexibility index (Phi) is 2.55. The molecule has 6 nitrogen and oxygen atoms in total. The predicted molar refractivity (Wildman–Crippen MR) is 64.8 cm³/mol. The lowest BCUT2D eigenvalue weighted by molar-refractivity contribution is 1.03. The number of nitrogens with one attached hydrogen (secondary N) is 1. The third kappa shape index (κ3) is 1.91. The van der Waals surface area contributed by atoms with Crippen LogP contribution in [0.1, 0.15) is 13.3 Å². The van der Waals surface area contributed by atoms with Gasteiger partial charge in [-0.3, -0.25) is 4.99 Å². The third-order valence-electron chi connectivity index (χ3n) is 2.00. The van der Waals surface area contributed by atoms with Gasteiger partial charge in [-0.15, -0.1) is 0 Å². The van der Waals surface area contributed by atoms with Crippen LogP contribution in [0.4, 0.5) is 0 Å². The second kappa shape index (κ2) is 3.85. The van der Waals surface area contributed by atoms with Gasteiger partial charge in [0.05, 0.1) is 0 Å². The second-order valence-corrected chi connectivity index (χ2v) is 3.44. The van der Waals surface area contributed by atoms with Gasteiger partial charge in [-0.05, 0) is 12.2 Å². The van der Waals surface area contributed by atoms with Gasteiger partial charge < -0.3 is 11.1 Å². The van der Waals surface area contributed by atoms with Crippen LogP contribution in [0.25, 0.3) is 0 Å². The summed E-state index contributed by atoms with van der Waals surface area (Å²) in [5.74, 6) is 2.04. The molecule has 7 heteroatoms. The largest absolute Gasteiger partial charge is 0.374 e. The first-order chi connectivity index (χ1) is 7.20. The molecule has 0 saturated carbocycles. The fraction of sp³-hybridized carbons (Fsp3) is 0.375. The van der Waals surface area contributed by atoms with Gasteiger partial charge in [0, 0.05) is 6.42 Å². The van der Waals surface area contributed by atoms with Crippen molar-refractivity contribution in [3.8, 4) is 0 Å². The number of hydrogen-bond acceptors (Lipinski definition) is 4. The molecule has 0 bridgehead atoms. The Balaban J connectivity index is 2.36. The highest BCUT2D eigenvalue weighted by atomic mass is 32.1. The average molecular weight is 222 g/mol. The third-order valence-corrected chi connectivity index (χ3v) is 2.09. The minimum atomic E-state index is -0.276. The molecule has 0 radical (unpaired) electrons. The first-order valence-electron chi connectivity index (χ1n) is 4.52. The molecule has 0 aliphatic carbocycles. The normalized spacial score (nSPS) is 25.7. The van der Waals surface area contributed by atoms with Crippen molar-refractivity contribution in [2.75, 3.05) is 0 Å². The summed E-state index contributed by atoms with van der Waals surface area (Å²) in [6, 6.07) is -0.276. The first kappa shape index (κ1) is 9.91. The highest BCUT2D eigenvalue weighted by Gasteiger charge is 2.29. The zero-order valence-corrected chi connectivity index (χ0v) is 8.95. The van der Waals surface area contributed by atoms with E-state index < -0.39 is 0 Å². The first-order valence-corrected chi connectivity index (χ1v) is 4.93. The molecular formula is C8H10N6S. The topological polar surface area (TPSA) is 87.5 Å². The molecule has 0 saturated heterocycles. The maximum absolute atomic E-state index is 5.37. The minimum absolute atomic E-state index is 0.0799. The van der Waals surface area contributed by atoms with Gasteiger partial charge in [0.25, 0.3) is 0 Å². The number of aliphatic imine (C=N–C) groups is 4. The van der Waals surface area contributed by atoms with Crippen molar-refractivity contribution in [2.45, 2.75) is 19.4 Å². The van der Waals surface area contributed by atoms with Crippen LogP contribution >= 0.6 is 12.2 Å². The van der Waals surface area contributed by atoms with Crippen molar-refractivity contribution in [1.82, 2.24) is 5.32 Å². The number of nitrogens with zero attached hydrogens (tertiary/aromatic N) is 4. The van der Waals surface area contributed by atoms with Gasteiger partial charge in [0.1, 0.15) is 18.0 Å². The number of thiocarbonyl (C=S) groups is 1. The molecule has 0 spiro atoms. The molecule has 2 rings (SSSR count). The molecule has 78 valence electrons. The van der Waals surface area contributed by atoms with E-state index >= 15 is 0 Å². The van der Waals surface area contributed by atoms with E-state index in [1.165, 1.54) is 6.34 Å². The average Bonchev–Trinajstić information content (AvgIpc) is 2.64. The van der Waals surface area contributed by atoms with Crippen molar-refractivity contribution < 1.29 is 0 Å². The number of hydrogen-bond donors (Lipinski definition) is 2. The summed E-state index contributed by atoms with van der Waals surface area (Å²) in [5, 5.41) is 3.12. The fourth-order valence-corrected chi connectivity index (χ4v) is 1.44. The SMILES string of the molecule is CCC1=NC2=NC=NC2/C(=N/C(N)=S)N1. The van der Waals surface area contributed by atoms with E-state index in [-0.39, 0.29) is 11.2 Å². The van der Waals surface area contributed by atoms with Crippen molar-refractivity contribution >= 4 is 41.2 Å².